The molecule has 6 aromatic heterocycles. The van der Waals surface area contributed by atoms with Crippen LogP contribution in [0.5, 0.6) is 0 Å². The molecule has 0 spiro atoms. The molecule has 0 amide bonds. The largest absolute Gasteiger partial charge is 0.477 e. The molecule has 0 saturated carbocycles. The van der Waals surface area contributed by atoms with Gasteiger partial charge >= 0.3 is 17.9 Å². The van der Waals surface area contributed by atoms with Gasteiger partial charge in [-0.05, 0) is 164 Å². The number of pyridine rings is 4. The van der Waals surface area contributed by atoms with Gasteiger partial charge in [-0.1, -0.05) is 54.0 Å². The predicted octanol–water partition coefficient (Wildman–Crippen LogP) is 12.5. The average molecular weight is 1680 g/mol. The van der Waals surface area contributed by atoms with Crippen molar-refractivity contribution in [3.05, 3.63) is 271 Å². The lowest BCUT2D eigenvalue weighted by Crippen LogP contribution is -2.23. The molecule has 8 N–H and O–H groups in total. The number of aromatic nitrogens is 6. The fraction of sp³-hybridized carbons (Fsp3) is 0.217. The Morgan fingerprint density at radius 2 is 0.722 bits per heavy atom. The Morgan fingerprint density at radius 1 is 0.426 bits per heavy atom. The van der Waals surface area contributed by atoms with Gasteiger partial charge in [0.15, 0.2) is 5.78 Å². The van der Waals surface area contributed by atoms with Gasteiger partial charge in [0, 0.05) is 96.8 Å². The third kappa shape index (κ3) is 34.9. The third-order valence-electron chi connectivity index (χ3n) is 12.8. The van der Waals surface area contributed by atoms with Crippen molar-refractivity contribution >= 4 is 121 Å². The van der Waals surface area contributed by atoms with Crippen LogP contribution in [-0.2, 0) is 87.7 Å². The number of ketones is 1. The maximum atomic E-state index is 12.9. The highest BCUT2D eigenvalue weighted by molar-refractivity contribution is 8.13. The van der Waals surface area contributed by atoms with Crippen molar-refractivity contribution in [3.63, 3.8) is 0 Å². The van der Waals surface area contributed by atoms with Gasteiger partial charge in [0.25, 0.3) is 9.05 Å². The van der Waals surface area contributed by atoms with Gasteiger partial charge in [-0.2, -0.15) is 0 Å². The Hall–Kier alpha value is -8.99. The van der Waals surface area contributed by atoms with E-state index in [2.05, 4.69) is 53.5 Å². The zero-order valence-electron chi connectivity index (χ0n) is 54.9. The number of thiazole rings is 2. The van der Waals surface area contributed by atoms with Crippen molar-refractivity contribution in [3.8, 4) is 0 Å². The number of carboxylic acids is 1. The van der Waals surface area contributed by atoms with E-state index in [0.717, 1.165) is 98.1 Å². The SMILES string of the molecule is C.C.C.C.COC(=O)c1ccc(CN)cn1.COC(=O)c1ccc(CNS(=O)(=O)c2ccc(F)cc2)cn1.Cc1ncc(CCC(=O)c2ccc(CNS(=O)(=O)c3ccc(F)cc3)cn2)s1.Cc1ncc(CN)s1.Cl.Cl.O=C(O)c1ccc(CNS(=O)(=O)c2ccc(F)cc2)cn1.O=S(=O)(Cl)c1ccc(F)cc1. The Morgan fingerprint density at radius 3 is 0.972 bits per heavy atom. The summed E-state index contributed by atoms with van der Waals surface area (Å²) in [6, 6.07) is 30.1. The smallest absolute Gasteiger partial charge is 0.356 e. The monoisotopic (exact) mass is 1680 g/mol. The molecule has 0 saturated heterocycles. The number of esters is 2. The lowest BCUT2D eigenvalue weighted by atomic mass is 10.1. The first-order valence-electron chi connectivity index (χ1n) is 29.2. The molecule has 0 fully saturated rings. The van der Waals surface area contributed by atoms with E-state index in [1.807, 2.05) is 20.0 Å². The number of ether oxygens (including phenoxy) is 2. The summed E-state index contributed by atoms with van der Waals surface area (Å²) in [5.41, 5.74) is 13.9. The fourth-order valence-electron chi connectivity index (χ4n) is 7.48. The van der Waals surface area contributed by atoms with Crippen LogP contribution in [0.2, 0.25) is 0 Å². The maximum absolute atomic E-state index is 12.9. The molecule has 0 aliphatic carbocycles. The van der Waals surface area contributed by atoms with Crippen molar-refractivity contribution in [2.24, 2.45) is 11.5 Å². The van der Waals surface area contributed by atoms with Crippen LogP contribution in [-0.4, -0.2) is 107 Å². The second kappa shape index (κ2) is 49.1. The molecule has 0 aliphatic heterocycles. The zero-order valence-corrected chi connectivity index (χ0v) is 62.2. The van der Waals surface area contributed by atoms with E-state index in [4.69, 9.17) is 27.3 Å². The van der Waals surface area contributed by atoms with Crippen LogP contribution in [0.15, 0.2) is 202 Å². The molecule has 10 aromatic rings. The van der Waals surface area contributed by atoms with Crippen LogP contribution in [0.1, 0.15) is 120 Å². The highest BCUT2D eigenvalue weighted by Crippen LogP contribution is 2.19. The molecular formula is C69H82Cl3F4N11O15S6. The summed E-state index contributed by atoms with van der Waals surface area (Å²) in [7, 11) is -7.45. The molecule has 39 heteroatoms. The second-order valence-corrected chi connectivity index (χ2v) is 30.8. The van der Waals surface area contributed by atoms with E-state index in [-0.39, 0.29) is 111 Å². The summed E-state index contributed by atoms with van der Waals surface area (Å²) in [4.78, 5) is 70.8. The molecule has 588 valence electrons. The van der Waals surface area contributed by atoms with E-state index in [0.29, 0.717) is 54.0 Å². The summed E-state index contributed by atoms with van der Waals surface area (Å²) in [6.45, 7) is 4.90. The van der Waals surface area contributed by atoms with Gasteiger partial charge in [0.1, 0.15) is 46.0 Å². The number of rotatable bonds is 22. The number of benzene rings is 4. The first-order valence-corrected chi connectivity index (χ1v) is 37.5. The van der Waals surface area contributed by atoms with Gasteiger partial charge in [-0.25, -0.2) is 105 Å². The topological polar surface area (TPSA) is 409 Å². The van der Waals surface area contributed by atoms with Crippen LogP contribution < -0.4 is 25.6 Å². The summed E-state index contributed by atoms with van der Waals surface area (Å²) in [5, 5.41) is 10.8. The van der Waals surface area contributed by atoms with Crippen molar-refractivity contribution in [2.45, 2.75) is 109 Å². The Bertz CT molecular complexity index is 4870. The molecule has 0 bridgehead atoms. The van der Waals surface area contributed by atoms with E-state index < -0.39 is 80.3 Å². The van der Waals surface area contributed by atoms with E-state index in [9.17, 15) is 70.4 Å². The van der Waals surface area contributed by atoms with E-state index in [1.54, 1.807) is 65.4 Å². The summed E-state index contributed by atoms with van der Waals surface area (Å²) >= 11 is 3.22. The number of Topliss-reactive ketones (excluding diaryl/α,β-unsaturated/α-hetero) is 1. The van der Waals surface area contributed by atoms with Crippen LogP contribution in [0.3, 0.4) is 0 Å². The molecule has 0 aliphatic rings. The molecule has 10 rings (SSSR count). The summed E-state index contributed by atoms with van der Waals surface area (Å²) in [5.74, 6) is -4.28. The Balaban J connectivity index is 0. The number of aromatic carboxylic acids is 1. The van der Waals surface area contributed by atoms with Gasteiger partial charge in [0.2, 0.25) is 30.1 Å². The Kier molecular flexibility index (Phi) is 46.0. The number of carbonyl (C=O) groups is 4. The van der Waals surface area contributed by atoms with Crippen LogP contribution >= 0.6 is 58.2 Å². The predicted molar refractivity (Wildman–Crippen MR) is 411 cm³/mol. The number of carbonyl (C=O) groups excluding carboxylic acids is 3. The quantitative estimate of drug-likeness (QED) is 0.0159. The highest BCUT2D eigenvalue weighted by atomic mass is 35.7. The van der Waals surface area contributed by atoms with Crippen LogP contribution in [0.25, 0.3) is 0 Å². The minimum absolute atomic E-state index is 0. The number of halogens is 7. The number of nitrogens with one attached hydrogen (secondary N) is 3. The van der Waals surface area contributed by atoms with E-state index in [1.165, 1.54) is 75.3 Å². The third-order valence-corrected chi connectivity index (χ3v) is 20.4. The maximum Gasteiger partial charge on any atom is 0.356 e. The number of aryl methyl sites for hydroxylation is 3. The van der Waals surface area contributed by atoms with Crippen molar-refractivity contribution in [2.75, 3.05) is 14.2 Å². The summed E-state index contributed by atoms with van der Waals surface area (Å²) in [6.07, 6.45) is 10.2. The summed E-state index contributed by atoms with van der Waals surface area (Å²) < 4.78 is 160. The minimum Gasteiger partial charge on any atom is -0.477 e. The van der Waals surface area contributed by atoms with Crippen LogP contribution in [0, 0.1) is 37.1 Å². The van der Waals surface area contributed by atoms with Gasteiger partial charge < -0.3 is 26.0 Å². The standard InChI is InChI=1S/C19H18FN3O3S2.C14H13FN2O4S.C13H11FN2O4S.C8H10N2O2.C6H4ClFO2S.C5H8N2S.4CH4.2ClH/c1-13-21-12-16(27-13)5-9-19(24)18-8-2-14(10-22-18)11-23-28(25,26)17-6-3-15(20)4-7-17;1-21-14(18)13-7-2-10(8-16-13)9-17-22(19,20)12-5-3-11(15)4-6-12;14-10-2-4-11(5-3-10)21(19,20)16-8-9-1-6-12(13(17)18)15-7-9;1-12-8(11)7-3-2-6(4-9)5-10-7;7-11(9,10)6-3-1-5(8)2-4-6;1-4-7-3-5(2-6)8-4;;;;;;/h2-4,6-8,10,12,23H,5,9,11H2,1H3;2-8,17H,9H2,1H3;1-7,16H,8H2,(H,17,18);2-3,5H,4,9H2,1H3;1-4H;3H,2,6H2,1H3;4*1H4;2*1H. The second-order valence-electron chi connectivity index (χ2n) is 20.2. The molecule has 0 atom stereocenters. The number of hydrogen-bond donors (Lipinski definition) is 6. The molecule has 6 heterocycles. The minimum atomic E-state index is -3.76. The average Bonchev–Trinajstić information content (AvgIpc) is 1.54. The Labute approximate surface area is 650 Å². The molecule has 108 heavy (non-hydrogen) atoms. The lowest BCUT2D eigenvalue weighted by molar-refractivity contribution is 0.0585. The molecular weight excluding hydrogens is 1600 g/mol. The normalized spacial score (nSPS) is 10.4. The number of nitrogens with two attached hydrogens (primary N) is 2. The fourth-order valence-corrected chi connectivity index (χ4v) is 12.8. The number of methoxy groups -OCH3 is 2. The first-order chi connectivity index (χ1) is 48.2. The highest BCUT2D eigenvalue weighted by Gasteiger charge is 2.18. The number of carboxylic acid groups (broad SMARTS) is 1. The van der Waals surface area contributed by atoms with E-state index >= 15 is 0 Å². The molecule has 0 radical (unpaired) electrons. The lowest BCUT2D eigenvalue weighted by Gasteiger charge is -2.07. The first kappa shape index (κ1) is 101. The number of nitrogens with zero attached hydrogens (tertiary/aromatic N) is 6. The molecule has 26 nitrogen and oxygen atoms in total. The molecule has 0 unspecified atom stereocenters. The van der Waals surface area contributed by atoms with Gasteiger partial charge in [0.05, 0.1) is 43.8 Å². The number of sulfonamides is 3. The zero-order chi connectivity index (χ0) is 75.2. The van der Waals surface area contributed by atoms with Gasteiger partial charge in [-0.3, -0.25) is 9.78 Å². The van der Waals surface area contributed by atoms with Crippen molar-refractivity contribution < 1.29 is 85.0 Å². The molecule has 4 aromatic carbocycles. The van der Waals surface area contributed by atoms with Gasteiger partial charge in [-0.15, -0.1) is 47.5 Å². The number of hydrogen-bond acceptors (Lipinski definition) is 24. The van der Waals surface area contributed by atoms with Crippen LogP contribution in [0.4, 0.5) is 17.6 Å². The van der Waals surface area contributed by atoms with Crippen molar-refractivity contribution in [1.82, 2.24) is 44.1 Å². The van der Waals surface area contributed by atoms with Crippen molar-refractivity contribution in [1.29, 1.82) is 0 Å².